The van der Waals surface area contributed by atoms with Crippen LogP contribution in [0, 0.1) is 0 Å². The molecule has 0 spiro atoms. The monoisotopic (exact) mass is 202 g/mol. The summed E-state index contributed by atoms with van der Waals surface area (Å²) in [6.45, 7) is 0. The van der Waals surface area contributed by atoms with Gasteiger partial charge in [-0.05, 0) is 5.56 Å². The smallest absolute Gasteiger partial charge is 0.303 e. The quantitative estimate of drug-likeness (QED) is 0.741. The molecule has 4 nitrogen and oxygen atoms in total. The third kappa shape index (κ3) is 1.74. The Balaban J connectivity index is 2.70. The molecule has 0 fully saturated rings. The molecular weight excluding hydrogens is 192 g/mol. The molecule has 0 amide bonds. The van der Waals surface area contributed by atoms with Crippen molar-refractivity contribution in [3.8, 4) is 11.1 Å². The van der Waals surface area contributed by atoms with Gasteiger partial charge in [0.25, 0.3) is 5.56 Å². The van der Waals surface area contributed by atoms with Crippen molar-refractivity contribution in [3.63, 3.8) is 0 Å². The summed E-state index contributed by atoms with van der Waals surface area (Å²) in [5, 5.41) is 0. The first-order valence-electron chi connectivity index (χ1n) is 4.54. The van der Waals surface area contributed by atoms with Crippen molar-refractivity contribution in [2.45, 2.75) is 0 Å². The van der Waals surface area contributed by atoms with Crippen molar-refractivity contribution in [1.29, 1.82) is 0 Å². The molecule has 76 valence electrons. The van der Waals surface area contributed by atoms with E-state index in [-0.39, 0.29) is 5.56 Å². The maximum atomic E-state index is 11.5. The van der Waals surface area contributed by atoms with Crippen molar-refractivity contribution >= 4 is 0 Å². The van der Waals surface area contributed by atoms with Crippen LogP contribution in [0.15, 0.2) is 46.1 Å². The van der Waals surface area contributed by atoms with Crippen LogP contribution in [-0.4, -0.2) is 9.55 Å². The Hall–Kier alpha value is -2.10. The van der Waals surface area contributed by atoms with Gasteiger partial charge in [-0.2, -0.15) is 0 Å². The zero-order valence-corrected chi connectivity index (χ0v) is 8.23. The molecule has 1 N–H and O–H groups in total. The first-order chi connectivity index (χ1) is 7.18. The van der Waals surface area contributed by atoms with Gasteiger partial charge in [0.05, 0.1) is 5.56 Å². The number of rotatable bonds is 1. The molecule has 1 aromatic carbocycles. The predicted molar refractivity (Wildman–Crippen MR) is 57.7 cm³/mol. The first kappa shape index (κ1) is 9.45. The zero-order valence-electron chi connectivity index (χ0n) is 8.23. The number of H-pyrrole nitrogens is 1. The molecule has 0 aliphatic carbocycles. The molecule has 1 heterocycles. The van der Waals surface area contributed by atoms with Crippen LogP contribution in [0.1, 0.15) is 0 Å². The lowest BCUT2D eigenvalue weighted by atomic mass is 10.1. The number of aryl methyl sites for hydroxylation is 1. The molecular formula is C11H10N2O2. The van der Waals surface area contributed by atoms with E-state index in [9.17, 15) is 9.59 Å². The Labute approximate surface area is 85.8 Å². The molecule has 0 saturated carbocycles. The minimum absolute atomic E-state index is 0.357. The lowest BCUT2D eigenvalue weighted by molar-refractivity contribution is 0.802. The fraction of sp³-hybridized carbons (Fsp3) is 0.0909. The van der Waals surface area contributed by atoms with Gasteiger partial charge in [0.1, 0.15) is 0 Å². The Bertz CT molecular complexity index is 582. The van der Waals surface area contributed by atoms with Crippen molar-refractivity contribution in [2.75, 3.05) is 0 Å². The Morgan fingerprint density at radius 1 is 1.13 bits per heavy atom. The zero-order chi connectivity index (χ0) is 10.8. The summed E-state index contributed by atoms with van der Waals surface area (Å²) in [4.78, 5) is 24.9. The molecule has 4 heteroatoms. The average Bonchev–Trinajstić information content (AvgIpc) is 2.25. The van der Waals surface area contributed by atoms with Crippen LogP contribution in [0.2, 0.25) is 0 Å². The van der Waals surface area contributed by atoms with Gasteiger partial charge >= 0.3 is 5.69 Å². The van der Waals surface area contributed by atoms with E-state index in [1.807, 2.05) is 30.3 Å². The molecule has 0 atom stereocenters. The van der Waals surface area contributed by atoms with Crippen molar-refractivity contribution in [2.24, 2.45) is 7.05 Å². The van der Waals surface area contributed by atoms with Gasteiger partial charge in [-0.15, -0.1) is 0 Å². The first-order valence-corrected chi connectivity index (χ1v) is 4.54. The fourth-order valence-electron chi connectivity index (χ4n) is 1.39. The van der Waals surface area contributed by atoms with E-state index in [2.05, 4.69) is 4.98 Å². The molecule has 2 rings (SSSR count). The highest BCUT2D eigenvalue weighted by Crippen LogP contribution is 2.11. The van der Waals surface area contributed by atoms with E-state index in [4.69, 9.17) is 0 Å². The van der Waals surface area contributed by atoms with E-state index < -0.39 is 5.69 Å². The highest BCUT2D eigenvalue weighted by molar-refractivity contribution is 5.60. The number of nitrogens with one attached hydrogen (secondary N) is 1. The Kier molecular flexibility index (Phi) is 2.25. The van der Waals surface area contributed by atoms with Crippen LogP contribution in [0.4, 0.5) is 0 Å². The van der Waals surface area contributed by atoms with Gasteiger partial charge in [-0.25, -0.2) is 4.79 Å². The number of benzene rings is 1. The van der Waals surface area contributed by atoms with Crippen LogP contribution in [0.3, 0.4) is 0 Å². The van der Waals surface area contributed by atoms with E-state index in [1.165, 1.54) is 10.8 Å². The minimum Gasteiger partial charge on any atom is -0.303 e. The Morgan fingerprint density at radius 3 is 2.47 bits per heavy atom. The summed E-state index contributed by atoms with van der Waals surface area (Å²) in [6.07, 6.45) is 1.54. The average molecular weight is 202 g/mol. The number of nitrogens with zero attached hydrogens (tertiary/aromatic N) is 1. The van der Waals surface area contributed by atoms with E-state index in [1.54, 1.807) is 7.05 Å². The molecule has 0 saturated heterocycles. The van der Waals surface area contributed by atoms with Gasteiger partial charge in [0.2, 0.25) is 0 Å². The molecule has 0 aliphatic heterocycles. The Morgan fingerprint density at radius 2 is 1.80 bits per heavy atom. The fourth-order valence-corrected chi connectivity index (χ4v) is 1.39. The van der Waals surface area contributed by atoms with Crippen molar-refractivity contribution in [3.05, 3.63) is 57.4 Å². The summed E-state index contributed by atoms with van der Waals surface area (Å²) in [7, 11) is 1.60. The summed E-state index contributed by atoms with van der Waals surface area (Å²) >= 11 is 0. The number of aromatic amines is 1. The molecule has 15 heavy (non-hydrogen) atoms. The lowest BCUT2D eigenvalue weighted by Crippen LogP contribution is -2.28. The van der Waals surface area contributed by atoms with Crippen molar-refractivity contribution in [1.82, 2.24) is 9.55 Å². The third-order valence-electron chi connectivity index (χ3n) is 2.19. The number of hydrogen-bond donors (Lipinski definition) is 1. The summed E-state index contributed by atoms with van der Waals surface area (Å²) in [6, 6.07) is 9.23. The van der Waals surface area contributed by atoms with Gasteiger partial charge in [0, 0.05) is 13.2 Å². The van der Waals surface area contributed by atoms with Gasteiger partial charge < -0.3 is 4.57 Å². The highest BCUT2D eigenvalue weighted by atomic mass is 16.2. The van der Waals surface area contributed by atoms with Crippen LogP contribution in [0.5, 0.6) is 0 Å². The predicted octanol–water partition coefficient (Wildman–Crippen LogP) is 0.741. The van der Waals surface area contributed by atoms with E-state index in [0.29, 0.717) is 5.56 Å². The lowest BCUT2D eigenvalue weighted by Gasteiger charge is -2.01. The second-order valence-corrected chi connectivity index (χ2v) is 3.28. The van der Waals surface area contributed by atoms with Gasteiger partial charge in [-0.1, -0.05) is 30.3 Å². The van der Waals surface area contributed by atoms with Crippen LogP contribution in [-0.2, 0) is 7.05 Å². The minimum atomic E-state index is -0.403. The van der Waals surface area contributed by atoms with E-state index in [0.717, 1.165) is 5.56 Å². The molecule has 0 unspecified atom stereocenters. The van der Waals surface area contributed by atoms with Crippen LogP contribution < -0.4 is 11.2 Å². The molecule has 2 aromatic rings. The van der Waals surface area contributed by atoms with Gasteiger partial charge in [0.15, 0.2) is 0 Å². The summed E-state index contributed by atoms with van der Waals surface area (Å²) < 4.78 is 1.35. The molecule has 0 radical (unpaired) electrons. The maximum Gasteiger partial charge on any atom is 0.328 e. The molecule has 1 aromatic heterocycles. The van der Waals surface area contributed by atoms with Gasteiger partial charge in [-0.3, -0.25) is 9.78 Å². The second-order valence-electron chi connectivity index (χ2n) is 3.28. The van der Waals surface area contributed by atoms with Crippen molar-refractivity contribution < 1.29 is 0 Å². The standard InChI is InChI=1S/C11H10N2O2/c1-13-7-9(10(14)12-11(13)15)8-5-3-2-4-6-8/h2-7H,1H3,(H,12,14,15). The summed E-state index contributed by atoms with van der Waals surface area (Å²) in [5.41, 5.74) is 0.538. The number of aromatic nitrogens is 2. The maximum absolute atomic E-state index is 11.5. The van der Waals surface area contributed by atoms with Crippen LogP contribution in [0.25, 0.3) is 11.1 Å². The SMILES string of the molecule is Cn1cc(-c2ccccc2)c(=O)[nH]c1=O. The number of hydrogen-bond acceptors (Lipinski definition) is 2. The second kappa shape index (κ2) is 3.57. The topological polar surface area (TPSA) is 54.9 Å². The molecule has 0 aliphatic rings. The molecule has 0 bridgehead atoms. The normalized spacial score (nSPS) is 10.2. The summed E-state index contributed by atoms with van der Waals surface area (Å²) in [5.74, 6) is 0. The third-order valence-corrected chi connectivity index (χ3v) is 2.19. The largest absolute Gasteiger partial charge is 0.328 e. The van der Waals surface area contributed by atoms with Crippen LogP contribution >= 0.6 is 0 Å². The highest BCUT2D eigenvalue weighted by Gasteiger charge is 2.03. The van der Waals surface area contributed by atoms with E-state index >= 15 is 0 Å².